The molecule has 0 saturated heterocycles. The molecule has 0 bridgehead atoms. The van der Waals surface area contributed by atoms with E-state index in [0.717, 1.165) is 23.1 Å². The molecule has 0 spiro atoms. The summed E-state index contributed by atoms with van der Waals surface area (Å²) in [5, 5.41) is 7.17. The van der Waals surface area contributed by atoms with Crippen LogP contribution >= 0.6 is 11.8 Å². The number of thioether (sulfide) groups is 1. The number of rotatable bonds is 12. The van der Waals surface area contributed by atoms with E-state index in [1.165, 1.54) is 18.6 Å². The van der Waals surface area contributed by atoms with Gasteiger partial charge in [0.05, 0.1) is 31.0 Å². The number of unbranched alkanes of at least 4 members (excludes halogenated alkanes) is 1. The second-order valence-electron chi connectivity index (χ2n) is 7.34. The van der Waals surface area contributed by atoms with Gasteiger partial charge in [0.15, 0.2) is 0 Å². The maximum absolute atomic E-state index is 13.0. The smallest absolute Gasteiger partial charge is 0.252 e. The number of nitrogens with one attached hydrogen (secondary N) is 2. The first-order chi connectivity index (χ1) is 15.7. The van der Waals surface area contributed by atoms with Gasteiger partial charge in [-0.2, -0.15) is 11.8 Å². The molecule has 1 amide bonds. The third-order valence-corrected chi connectivity index (χ3v) is 6.18. The van der Waals surface area contributed by atoms with Crippen molar-refractivity contribution in [2.45, 2.75) is 26.2 Å². The number of methoxy groups -OCH3 is 2. The Labute approximate surface area is 194 Å². The van der Waals surface area contributed by atoms with Crippen LogP contribution in [-0.2, 0) is 0 Å². The van der Waals surface area contributed by atoms with E-state index in [4.69, 9.17) is 14.5 Å². The second kappa shape index (κ2) is 12.2. The summed E-state index contributed by atoms with van der Waals surface area (Å²) in [5.74, 6) is 4.07. The number of pyridine rings is 1. The maximum Gasteiger partial charge on any atom is 0.252 e. The van der Waals surface area contributed by atoms with E-state index in [1.807, 2.05) is 54.2 Å². The van der Waals surface area contributed by atoms with Gasteiger partial charge >= 0.3 is 0 Å². The molecular formula is C25H31N3O3S. The van der Waals surface area contributed by atoms with E-state index in [1.54, 1.807) is 20.3 Å². The van der Waals surface area contributed by atoms with Gasteiger partial charge in [-0.05, 0) is 48.6 Å². The summed E-state index contributed by atoms with van der Waals surface area (Å²) in [5.41, 5.74) is 2.06. The molecule has 6 nitrogen and oxygen atoms in total. The molecule has 32 heavy (non-hydrogen) atoms. The van der Waals surface area contributed by atoms with Gasteiger partial charge in [0.2, 0.25) is 0 Å². The molecule has 0 radical (unpaired) electrons. The summed E-state index contributed by atoms with van der Waals surface area (Å²) in [6.45, 7) is 2.86. The Morgan fingerprint density at radius 2 is 1.84 bits per heavy atom. The van der Waals surface area contributed by atoms with Crippen LogP contribution in [0.3, 0.4) is 0 Å². The summed E-state index contributed by atoms with van der Waals surface area (Å²) in [7, 11) is 3.23. The van der Waals surface area contributed by atoms with Crippen molar-refractivity contribution in [3.05, 3.63) is 54.1 Å². The SMILES string of the molecule is CCCCSCCCNC(=O)c1cc(Nc2cc(OC)ccc2OC)nc2ccccc12. The molecule has 170 valence electrons. The zero-order chi connectivity index (χ0) is 22.8. The van der Waals surface area contributed by atoms with Crippen molar-refractivity contribution >= 4 is 40.1 Å². The molecule has 0 fully saturated rings. The summed E-state index contributed by atoms with van der Waals surface area (Å²) in [6, 6.07) is 15.0. The highest BCUT2D eigenvalue weighted by atomic mass is 32.2. The Bertz CT molecular complexity index is 1040. The van der Waals surface area contributed by atoms with Gasteiger partial charge in [0, 0.05) is 18.0 Å². The van der Waals surface area contributed by atoms with Crippen LogP contribution in [0.25, 0.3) is 10.9 Å². The van der Waals surface area contributed by atoms with Crippen molar-refractivity contribution in [2.75, 3.05) is 37.6 Å². The van der Waals surface area contributed by atoms with Crippen LogP contribution in [0.1, 0.15) is 36.5 Å². The first-order valence-electron chi connectivity index (χ1n) is 10.9. The Kier molecular flexibility index (Phi) is 9.04. The Morgan fingerprint density at radius 1 is 1.03 bits per heavy atom. The van der Waals surface area contributed by atoms with E-state index in [9.17, 15) is 4.79 Å². The van der Waals surface area contributed by atoms with Crippen molar-refractivity contribution in [1.82, 2.24) is 10.3 Å². The van der Waals surface area contributed by atoms with Crippen molar-refractivity contribution in [3.63, 3.8) is 0 Å². The molecule has 0 saturated carbocycles. The molecule has 2 N–H and O–H groups in total. The lowest BCUT2D eigenvalue weighted by Gasteiger charge is -2.14. The van der Waals surface area contributed by atoms with Crippen molar-refractivity contribution in [3.8, 4) is 11.5 Å². The zero-order valence-corrected chi connectivity index (χ0v) is 19.8. The molecule has 0 unspecified atom stereocenters. The number of hydrogen-bond donors (Lipinski definition) is 2. The Balaban J connectivity index is 1.78. The first-order valence-corrected chi connectivity index (χ1v) is 12.1. The van der Waals surface area contributed by atoms with Gasteiger partial charge in [-0.25, -0.2) is 4.98 Å². The summed E-state index contributed by atoms with van der Waals surface area (Å²) in [6.07, 6.45) is 3.42. The predicted molar refractivity (Wildman–Crippen MR) is 134 cm³/mol. The van der Waals surface area contributed by atoms with Crippen LogP contribution in [0.2, 0.25) is 0 Å². The van der Waals surface area contributed by atoms with Crippen molar-refractivity contribution in [1.29, 1.82) is 0 Å². The Morgan fingerprint density at radius 3 is 2.62 bits per heavy atom. The average Bonchev–Trinajstić information content (AvgIpc) is 2.82. The highest BCUT2D eigenvalue weighted by Gasteiger charge is 2.14. The van der Waals surface area contributed by atoms with Crippen LogP contribution in [0.5, 0.6) is 11.5 Å². The highest BCUT2D eigenvalue weighted by molar-refractivity contribution is 7.99. The number of carbonyl (C=O) groups excluding carboxylic acids is 1. The highest BCUT2D eigenvalue weighted by Crippen LogP contribution is 2.32. The van der Waals surface area contributed by atoms with Crippen LogP contribution in [0, 0.1) is 0 Å². The summed E-state index contributed by atoms with van der Waals surface area (Å²) in [4.78, 5) is 17.7. The Hall–Kier alpha value is -2.93. The third-order valence-electron chi connectivity index (χ3n) is 5.02. The molecule has 3 aromatic rings. The fourth-order valence-electron chi connectivity index (χ4n) is 3.30. The van der Waals surface area contributed by atoms with E-state index in [-0.39, 0.29) is 5.91 Å². The van der Waals surface area contributed by atoms with Crippen molar-refractivity contribution < 1.29 is 14.3 Å². The molecule has 0 atom stereocenters. The molecule has 0 aliphatic heterocycles. The van der Waals surface area contributed by atoms with Gasteiger partial charge in [0.1, 0.15) is 17.3 Å². The lowest BCUT2D eigenvalue weighted by Crippen LogP contribution is -2.25. The minimum atomic E-state index is -0.0946. The van der Waals surface area contributed by atoms with Gasteiger partial charge in [-0.1, -0.05) is 31.5 Å². The predicted octanol–water partition coefficient (Wildman–Crippen LogP) is 5.65. The van der Waals surface area contributed by atoms with Gasteiger partial charge in [-0.15, -0.1) is 0 Å². The molecular weight excluding hydrogens is 422 g/mol. The minimum absolute atomic E-state index is 0.0946. The number of hydrogen-bond acceptors (Lipinski definition) is 6. The molecule has 2 aromatic carbocycles. The summed E-state index contributed by atoms with van der Waals surface area (Å²) < 4.78 is 10.8. The van der Waals surface area contributed by atoms with E-state index >= 15 is 0 Å². The quantitative estimate of drug-likeness (QED) is 0.345. The van der Waals surface area contributed by atoms with Crippen LogP contribution in [0.4, 0.5) is 11.5 Å². The molecule has 3 rings (SSSR count). The number of aromatic nitrogens is 1. The van der Waals surface area contributed by atoms with Crippen LogP contribution < -0.4 is 20.1 Å². The molecule has 0 aliphatic rings. The van der Waals surface area contributed by atoms with Gasteiger partial charge in [-0.3, -0.25) is 4.79 Å². The van der Waals surface area contributed by atoms with E-state index in [0.29, 0.717) is 35.1 Å². The van der Waals surface area contributed by atoms with E-state index < -0.39 is 0 Å². The zero-order valence-electron chi connectivity index (χ0n) is 18.9. The monoisotopic (exact) mass is 453 g/mol. The summed E-state index contributed by atoms with van der Waals surface area (Å²) >= 11 is 1.94. The second-order valence-corrected chi connectivity index (χ2v) is 8.56. The number of benzene rings is 2. The number of anilines is 2. The standard InChI is InChI=1S/C25H31N3O3S/c1-4-5-14-32-15-8-13-26-25(29)20-17-24(27-21-10-7-6-9-19(20)21)28-22-16-18(30-2)11-12-23(22)31-3/h6-7,9-12,16-17H,4-5,8,13-15H2,1-3H3,(H,26,29)(H,27,28). The molecule has 0 aliphatic carbocycles. The van der Waals surface area contributed by atoms with E-state index in [2.05, 4.69) is 17.6 Å². The number of amides is 1. The maximum atomic E-state index is 13.0. The lowest BCUT2D eigenvalue weighted by molar-refractivity contribution is 0.0955. The minimum Gasteiger partial charge on any atom is -0.497 e. The number of fused-ring (bicyclic) bond motifs is 1. The first kappa shape index (κ1) is 23.7. The largest absolute Gasteiger partial charge is 0.497 e. The molecule has 7 heteroatoms. The van der Waals surface area contributed by atoms with Gasteiger partial charge in [0.25, 0.3) is 5.91 Å². The molecule has 1 aromatic heterocycles. The average molecular weight is 454 g/mol. The number of ether oxygens (including phenoxy) is 2. The molecule has 1 heterocycles. The number of carbonyl (C=O) groups is 1. The fourth-order valence-corrected chi connectivity index (χ4v) is 4.34. The topological polar surface area (TPSA) is 72.5 Å². The fraction of sp³-hybridized carbons (Fsp3) is 0.360. The lowest BCUT2D eigenvalue weighted by atomic mass is 10.1. The van der Waals surface area contributed by atoms with Crippen LogP contribution in [0.15, 0.2) is 48.5 Å². The van der Waals surface area contributed by atoms with Gasteiger partial charge < -0.3 is 20.1 Å². The van der Waals surface area contributed by atoms with Crippen LogP contribution in [-0.4, -0.2) is 43.2 Å². The number of para-hydroxylation sites is 1. The van der Waals surface area contributed by atoms with Crippen molar-refractivity contribution in [2.24, 2.45) is 0 Å². The normalized spacial score (nSPS) is 10.7. The third kappa shape index (κ3) is 6.29. The number of nitrogens with zero attached hydrogens (tertiary/aromatic N) is 1.